The van der Waals surface area contributed by atoms with Crippen molar-refractivity contribution in [3.8, 4) is 28.1 Å². The van der Waals surface area contributed by atoms with Crippen LogP contribution in [0.4, 0.5) is 13.2 Å². The summed E-state index contributed by atoms with van der Waals surface area (Å²) in [5.41, 5.74) is -0.297. The van der Waals surface area contributed by atoms with E-state index in [0.29, 0.717) is 17.9 Å². The Morgan fingerprint density at radius 1 is 1.03 bits per heavy atom. The molecule has 0 amide bonds. The Morgan fingerprint density at radius 3 is 2.37 bits per heavy atom. The monoisotopic (exact) mass is 434 g/mol. The predicted molar refractivity (Wildman–Crippen MR) is 104 cm³/mol. The van der Waals surface area contributed by atoms with E-state index >= 15 is 0 Å². The van der Waals surface area contributed by atoms with E-state index in [2.05, 4.69) is 14.2 Å². The van der Waals surface area contributed by atoms with Crippen LogP contribution in [0.15, 0.2) is 48.9 Å². The van der Waals surface area contributed by atoms with Crippen molar-refractivity contribution in [2.24, 2.45) is 5.92 Å². The second-order valence-corrected chi connectivity index (χ2v) is 9.22. The third-order valence-corrected chi connectivity index (χ3v) is 7.02. The number of rotatable bonds is 4. The van der Waals surface area contributed by atoms with Gasteiger partial charge in [0.15, 0.2) is 0 Å². The first-order chi connectivity index (χ1) is 14.2. The number of fused-ring (bicyclic) bond motifs is 3. The lowest BCUT2D eigenvalue weighted by Gasteiger charge is -2.31. The minimum absolute atomic E-state index is 0.213. The van der Waals surface area contributed by atoms with Crippen molar-refractivity contribution in [3.63, 3.8) is 0 Å². The summed E-state index contributed by atoms with van der Waals surface area (Å²) in [4.78, 5) is 7.05. The highest BCUT2D eigenvalue weighted by Gasteiger charge is 2.50. The van der Waals surface area contributed by atoms with Gasteiger partial charge in [-0.2, -0.15) is 21.6 Å². The zero-order valence-electron chi connectivity index (χ0n) is 15.6. The number of aromatic amines is 1. The molecule has 3 aromatic rings. The first-order valence-corrected chi connectivity index (χ1v) is 10.9. The highest BCUT2D eigenvalue weighted by Crippen LogP contribution is 2.56. The van der Waals surface area contributed by atoms with Gasteiger partial charge in [0, 0.05) is 5.56 Å². The molecule has 1 heterocycles. The number of hydrogen-bond donors (Lipinski definition) is 1. The number of benzene rings is 2. The Balaban J connectivity index is 1.56. The van der Waals surface area contributed by atoms with E-state index < -0.39 is 15.6 Å². The minimum Gasteiger partial charge on any atom is -0.376 e. The maximum absolute atomic E-state index is 12.8. The molecule has 0 spiro atoms. The SMILES string of the molecule is O=S(=O)(Oc1ccc(-c2ccc(-c3cnc[nH]3)cc2)c2c1CC1CCC21)C(F)(F)F. The van der Waals surface area contributed by atoms with Crippen LogP contribution in [-0.4, -0.2) is 23.9 Å². The number of imidazole rings is 1. The molecule has 2 unspecified atom stereocenters. The van der Waals surface area contributed by atoms with Crippen LogP contribution in [0.1, 0.15) is 29.9 Å². The van der Waals surface area contributed by atoms with Gasteiger partial charge in [-0.15, -0.1) is 0 Å². The first-order valence-electron chi connectivity index (χ1n) is 9.50. The van der Waals surface area contributed by atoms with Crippen LogP contribution in [0.3, 0.4) is 0 Å². The van der Waals surface area contributed by atoms with Gasteiger partial charge in [0.2, 0.25) is 0 Å². The van der Waals surface area contributed by atoms with Gasteiger partial charge in [-0.25, -0.2) is 4.98 Å². The Kier molecular flexibility index (Phi) is 4.22. The predicted octanol–water partition coefficient (Wildman–Crippen LogP) is 5.02. The summed E-state index contributed by atoms with van der Waals surface area (Å²) in [5, 5.41) is 0. The second-order valence-electron chi connectivity index (χ2n) is 7.68. The van der Waals surface area contributed by atoms with Gasteiger partial charge in [-0.05, 0) is 59.4 Å². The number of hydrogen-bond acceptors (Lipinski definition) is 4. The summed E-state index contributed by atoms with van der Waals surface area (Å²) < 4.78 is 66.1. The van der Waals surface area contributed by atoms with E-state index in [1.807, 2.05) is 24.3 Å². The number of halogens is 3. The largest absolute Gasteiger partial charge is 0.534 e. The molecular formula is C21H17F3N2O3S. The quantitative estimate of drug-likeness (QED) is 0.462. The van der Waals surface area contributed by atoms with Crippen LogP contribution >= 0.6 is 0 Å². The Hall–Kier alpha value is -2.81. The van der Waals surface area contributed by atoms with E-state index in [-0.39, 0.29) is 11.7 Å². The van der Waals surface area contributed by atoms with E-state index in [0.717, 1.165) is 40.8 Å². The lowest BCUT2D eigenvalue weighted by atomic mass is 9.73. The number of aromatic nitrogens is 2. The number of alkyl halides is 3. The molecule has 1 aromatic heterocycles. The third kappa shape index (κ3) is 2.99. The van der Waals surface area contributed by atoms with E-state index in [1.54, 1.807) is 18.6 Å². The minimum atomic E-state index is -5.70. The number of nitrogens with zero attached hydrogens (tertiary/aromatic N) is 1. The highest BCUT2D eigenvalue weighted by atomic mass is 32.2. The standard InChI is InChI=1S/C21H17F3N2O3S/c22-21(23,24)30(27,28)29-19-8-7-15(20-16-6-5-14(16)9-17(19)20)12-1-3-13(4-2-12)18-10-25-11-26-18/h1-4,7-8,10-11,14,16H,5-6,9H2,(H,25,26). The molecule has 2 aromatic carbocycles. The molecule has 5 nitrogen and oxygen atoms in total. The summed E-state index contributed by atoms with van der Waals surface area (Å²) >= 11 is 0. The topological polar surface area (TPSA) is 72.1 Å². The molecule has 156 valence electrons. The molecule has 2 aliphatic rings. The molecule has 1 N–H and O–H groups in total. The van der Waals surface area contributed by atoms with Crippen molar-refractivity contribution in [1.29, 1.82) is 0 Å². The molecule has 9 heteroatoms. The summed E-state index contributed by atoms with van der Waals surface area (Å²) in [5.74, 6) is 0.329. The average Bonchev–Trinajstić information content (AvgIpc) is 3.28. The molecule has 1 fully saturated rings. The molecule has 0 saturated heterocycles. The van der Waals surface area contributed by atoms with Crippen LogP contribution in [0.25, 0.3) is 22.4 Å². The van der Waals surface area contributed by atoms with Gasteiger partial charge in [-0.1, -0.05) is 30.3 Å². The average molecular weight is 434 g/mol. The van der Waals surface area contributed by atoms with Gasteiger partial charge >= 0.3 is 15.6 Å². The van der Waals surface area contributed by atoms with Crippen molar-refractivity contribution < 1.29 is 25.8 Å². The van der Waals surface area contributed by atoms with Crippen molar-refractivity contribution in [2.75, 3.05) is 0 Å². The van der Waals surface area contributed by atoms with Crippen molar-refractivity contribution in [3.05, 3.63) is 60.0 Å². The maximum Gasteiger partial charge on any atom is 0.534 e. The zero-order chi connectivity index (χ0) is 21.1. The molecule has 30 heavy (non-hydrogen) atoms. The molecule has 2 aliphatic carbocycles. The molecule has 2 atom stereocenters. The van der Waals surface area contributed by atoms with Gasteiger partial charge in [0.1, 0.15) is 5.75 Å². The third-order valence-electron chi connectivity index (χ3n) is 6.06. The molecule has 0 aliphatic heterocycles. The van der Waals surface area contributed by atoms with Crippen molar-refractivity contribution >= 4 is 10.1 Å². The Labute approximate surface area is 171 Å². The number of nitrogens with one attached hydrogen (secondary N) is 1. The lowest BCUT2D eigenvalue weighted by molar-refractivity contribution is -0.0500. The fourth-order valence-corrected chi connectivity index (χ4v) is 4.96. The van der Waals surface area contributed by atoms with Crippen LogP contribution in [0, 0.1) is 5.92 Å². The lowest BCUT2D eigenvalue weighted by Crippen LogP contribution is -2.28. The van der Waals surface area contributed by atoms with E-state index in [4.69, 9.17) is 0 Å². The molecule has 5 rings (SSSR count). The summed E-state index contributed by atoms with van der Waals surface area (Å²) in [7, 11) is -5.70. The highest BCUT2D eigenvalue weighted by molar-refractivity contribution is 7.88. The molecular weight excluding hydrogens is 417 g/mol. The zero-order valence-corrected chi connectivity index (χ0v) is 16.4. The fraction of sp³-hybridized carbons (Fsp3) is 0.286. The van der Waals surface area contributed by atoms with Gasteiger partial charge in [0.05, 0.1) is 18.2 Å². The fourth-order valence-electron chi connectivity index (χ4n) is 4.47. The normalized spacial score (nSPS) is 20.4. The summed E-state index contributed by atoms with van der Waals surface area (Å²) in [6.07, 6.45) is 5.76. The molecule has 0 radical (unpaired) electrons. The van der Waals surface area contributed by atoms with Crippen molar-refractivity contribution in [1.82, 2.24) is 9.97 Å². The van der Waals surface area contributed by atoms with Crippen LogP contribution in [-0.2, 0) is 16.5 Å². The van der Waals surface area contributed by atoms with Crippen LogP contribution < -0.4 is 4.18 Å². The molecule has 1 saturated carbocycles. The van der Waals surface area contributed by atoms with Gasteiger partial charge in [-0.3, -0.25) is 0 Å². The number of H-pyrrole nitrogens is 1. The van der Waals surface area contributed by atoms with Crippen molar-refractivity contribution in [2.45, 2.75) is 30.7 Å². The van der Waals surface area contributed by atoms with E-state index in [9.17, 15) is 21.6 Å². The summed E-state index contributed by atoms with van der Waals surface area (Å²) in [6, 6.07) is 10.8. The second kappa shape index (κ2) is 6.60. The van der Waals surface area contributed by atoms with Gasteiger partial charge < -0.3 is 9.17 Å². The molecule has 0 bridgehead atoms. The van der Waals surface area contributed by atoms with Crippen LogP contribution in [0.5, 0.6) is 5.75 Å². The van der Waals surface area contributed by atoms with Gasteiger partial charge in [0.25, 0.3) is 0 Å². The first kappa shape index (κ1) is 19.2. The van der Waals surface area contributed by atoms with E-state index in [1.165, 1.54) is 6.07 Å². The smallest absolute Gasteiger partial charge is 0.376 e. The maximum atomic E-state index is 12.8. The Bertz CT molecular complexity index is 1200. The van der Waals surface area contributed by atoms with Crippen LogP contribution in [0.2, 0.25) is 0 Å². The Morgan fingerprint density at radius 2 is 1.77 bits per heavy atom. The summed E-state index contributed by atoms with van der Waals surface area (Å²) in [6.45, 7) is 0.